The molecule has 2 aromatic rings. The van der Waals surface area contributed by atoms with Crippen molar-refractivity contribution in [1.29, 1.82) is 0 Å². The third kappa shape index (κ3) is 3.16. The van der Waals surface area contributed by atoms with Crippen molar-refractivity contribution < 1.29 is 4.52 Å². The van der Waals surface area contributed by atoms with Crippen LogP contribution in [-0.2, 0) is 24.8 Å². The molecule has 0 bridgehead atoms. The standard InChI is InChI=1S/C17H23N3O/c1-2-13-5-7-14(8-6-13)9-10-15-19-16(20-21-15)17(18)11-3-4-12-17/h5-8H,2-4,9-12,18H2,1H3. The van der Waals surface area contributed by atoms with Crippen LogP contribution in [0.5, 0.6) is 0 Å². The number of aromatic nitrogens is 2. The van der Waals surface area contributed by atoms with Crippen LogP contribution in [0.3, 0.4) is 0 Å². The Balaban J connectivity index is 1.61. The van der Waals surface area contributed by atoms with E-state index in [-0.39, 0.29) is 5.54 Å². The molecule has 112 valence electrons. The zero-order valence-electron chi connectivity index (χ0n) is 12.6. The molecule has 1 fully saturated rings. The lowest BCUT2D eigenvalue weighted by atomic mass is 9.99. The molecule has 2 N–H and O–H groups in total. The van der Waals surface area contributed by atoms with Crippen molar-refractivity contribution in [3.8, 4) is 0 Å². The second-order valence-corrected chi connectivity index (χ2v) is 6.05. The Labute approximate surface area is 125 Å². The molecule has 1 aliphatic rings. The van der Waals surface area contributed by atoms with Gasteiger partial charge in [0, 0.05) is 6.42 Å². The van der Waals surface area contributed by atoms with Gasteiger partial charge >= 0.3 is 0 Å². The summed E-state index contributed by atoms with van der Waals surface area (Å²) in [6.45, 7) is 2.17. The van der Waals surface area contributed by atoms with Crippen LogP contribution in [0.25, 0.3) is 0 Å². The predicted molar refractivity (Wildman–Crippen MR) is 81.9 cm³/mol. The van der Waals surface area contributed by atoms with E-state index in [4.69, 9.17) is 10.3 Å². The van der Waals surface area contributed by atoms with Gasteiger partial charge in [-0.25, -0.2) is 0 Å². The lowest BCUT2D eigenvalue weighted by Gasteiger charge is -2.17. The molecule has 0 radical (unpaired) electrons. The Morgan fingerprint density at radius 1 is 1.10 bits per heavy atom. The molecule has 0 amide bonds. The van der Waals surface area contributed by atoms with E-state index in [0.29, 0.717) is 11.7 Å². The summed E-state index contributed by atoms with van der Waals surface area (Å²) in [5, 5.41) is 4.10. The second kappa shape index (κ2) is 5.98. The first kappa shape index (κ1) is 14.3. The third-order valence-electron chi connectivity index (χ3n) is 4.47. The summed E-state index contributed by atoms with van der Waals surface area (Å²) in [6, 6.07) is 8.72. The summed E-state index contributed by atoms with van der Waals surface area (Å²) < 4.78 is 5.37. The summed E-state index contributed by atoms with van der Waals surface area (Å²) in [7, 11) is 0. The zero-order valence-corrected chi connectivity index (χ0v) is 12.6. The quantitative estimate of drug-likeness (QED) is 0.916. The van der Waals surface area contributed by atoms with Gasteiger partial charge in [-0.1, -0.05) is 49.2 Å². The van der Waals surface area contributed by atoms with E-state index in [0.717, 1.165) is 44.9 Å². The number of nitrogens with two attached hydrogens (primary N) is 1. The maximum atomic E-state index is 6.35. The first-order valence-corrected chi connectivity index (χ1v) is 7.89. The number of benzene rings is 1. The van der Waals surface area contributed by atoms with Crippen molar-refractivity contribution in [3.05, 3.63) is 47.1 Å². The van der Waals surface area contributed by atoms with Crippen molar-refractivity contribution in [2.75, 3.05) is 0 Å². The molecule has 0 atom stereocenters. The number of hydrogen-bond donors (Lipinski definition) is 1. The van der Waals surface area contributed by atoms with E-state index in [1.807, 2.05) is 0 Å². The molecular weight excluding hydrogens is 262 g/mol. The summed E-state index contributed by atoms with van der Waals surface area (Å²) in [5.41, 5.74) is 8.66. The Morgan fingerprint density at radius 3 is 2.43 bits per heavy atom. The van der Waals surface area contributed by atoms with Crippen LogP contribution in [0.2, 0.25) is 0 Å². The number of nitrogens with zero attached hydrogens (tertiary/aromatic N) is 2. The maximum Gasteiger partial charge on any atom is 0.227 e. The zero-order chi connectivity index (χ0) is 14.7. The van der Waals surface area contributed by atoms with Gasteiger partial charge in [-0.2, -0.15) is 4.98 Å². The predicted octanol–water partition coefficient (Wildman–Crippen LogP) is 3.15. The molecule has 4 nitrogen and oxygen atoms in total. The average Bonchev–Trinajstić information content (AvgIpc) is 3.15. The molecule has 4 heteroatoms. The summed E-state index contributed by atoms with van der Waals surface area (Å²) in [5.74, 6) is 1.39. The van der Waals surface area contributed by atoms with E-state index < -0.39 is 0 Å². The highest BCUT2D eigenvalue weighted by Crippen LogP contribution is 2.34. The molecule has 1 aliphatic carbocycles. The summed E-state index contributed by atoms with van der Waals surface area (Å²) in [6.07, 6.45) is 7.01. The van der Waals surface area contributed by atoms with Crippen molar-refractivity contribution in [2.45, 2.75) is 57.4 Å². The normalized spacial score (nSPS) is 17.2. The Kier molecular flexibility index (Phi) is 4.06. The average molecular weight is 285 g/mol. The van der Waals surface area contributed by atoms with Crippen LogP contribution in [0.1, 0.15) is 55.4 Å². The molecule has 1 heterocycles. The first-order valence-electron chi connectivity index (χ1n) is 7.89. The fourth-order valence-electron chi connectivity index (χ4n) is 2.98. The van der Waals surface area contributed by atoms with E-state index in [1.165, 1.54) is 11.1 Å². The van der Waals surface area contributed by atoms with E-state index in [2.05, 4.69) is 41.3 Å². The molecule has 0 unspecified atom stereocenters. The van der Waals surface area contributed by atoms with E-state index >= 15 is 0 Å². The fourth-order valence-corrected chi connectivity index (χ4v) is 2.98. The van der Waals surface area contributed by atoms with Crippen molar-refractivity contribution in [3.63, 3.8) is 0 Å². The highest BCUT2D eigenvalue weighted by molar-refractivity contribution is 5.22. The topological polar surface area (TPSA) is 64.9 Å². The Bertz CT molecular complexity index is 582. The van der Waals surface area contributed by atoms with Gasteiger partial charge < -0.3 is 10.3 Å². The smallest absolute Gasteiger partial charge is 0.227 e. The van der Waals surface area contributed by atoms with Crippen LogP contribution in [0, 0.1) is 0 Å². The fraction of sp³-hybridized carbons (Fsp3) is 0.529. The number of aryl methyl sites for hydroxylation is 3. The van der Waals surface area contributed by atoms with Gasteiger partial charge in [0.15, 0.2) is 5.82 Å². The van der Waals surface area contributed by atoms with Crippen LogP contribution < -0.4 is 5.73 Å². The van der Waals surface area contributed by atoms with Gasteiger partial charge in [-0.3, -0.25) is 0 Å². The lowest BCUT2D eigenvalue weighted by molar-refractivity contribution is 0.348. The number of rotatable bonds is 5. The van der Waals surface area contributed by atoms with Gasteiger partial charge in [-0.15, -0.1) is 0 Å². The highest BCUT2D eigenvalue weighted by Gasteiger charge is 2.35. The highest BCUT2D eigenvalue weighted by atomic mass is 16.5. The minimum atomic E-state index is -0.357. The minimum absolute atomic E-state index is 0.357. The molecule has 1 saturated carbocycles. The Hall–Kier alpha value is -1.68. The van der Waals surface area contributed by atoms with Gasteiger partial charge in [0.25, 0.3) is 0 Å². The maximum absolute atomic E-state index is 6.35. The number of hydrogen-bond acceptors (Lipinski definition) is 4. The van der Waals surface area contributed by atoms with Gasteiger partial charge in [-0.05, 0) is 36.8 Å². The third-order valence-corrected chi connectivity index (χ3v) is 4.47. The van der Waals surface area contributed by atoms with Gasteiger partial charge in [0.1, 0.15) is 0 Å². The monoisotopic (exact) mass is 285 g/mol. The van der Waals surface area contributed by atoms with Crippen LogP contribution in [0.4, 0.5) is 0 Å². The van der Waals surface area contributed by atoms with Crippen molar-refractivity contribution >= 4 is 0 Å². The molecule has 0 spiro atoms. The lowest BCUT2D eigenvalue weighted by Crippen LogP contribution is -2.34. The molecule has 3 rings (SSSR count). The SMILES string of the molecule is CCc1ccc(CCc2nc(C3(N)CCCC3)no2)cc1. The molecule has 0 aliphatic heterocycles. The molecule has 0 saturated heterocycles. The largest absolute Gasteiger partial charge is 0.339 e. The summed E-state index contributed by atoms with van der Waals surface area (Å²) in [4.78, 5) is 4.51. The molecule has 1 aromatic carbocycles. The van der Waals surface area contributed by atoms with Crippen LogP contribution in [0.15, 0.2) is 28.8 Å². The van der Waals surface area contributed by atoms with Gasteiger partial charge in [0.05, 0.1) is 5.54 Å². The second-order valence-electron chi connectivity index (χ2n) is 6.05. The van der Waals surface area contributed by atoms with Crippen molar-refractivity contribution in [1.82, 2.24) is 10.1 Å². The molecular formula is C17H23N3O. The van der Waals surface area contributed by atoms with Gasteiger partial charge in [0.2, 0.25) is 5.89 Å². The molecule has 21 heavy (non-hydrogen) atoms. The van der Waals surface area contributed by atoms with Crippen LogP contribution in [-0.4, -0.2) is 10.1 Å². The minimum Gasteiger partial charge on any atom is -0.339 e. The van der Waals surface area contributed by atoms with Crippen molar-refractivity contribution in [2.24, 2.45) is 5.73 Å². The first-order chi connectivity index (χ1) is 10.2. The summed E-state index contributed by atoms with van der Waals surface area (Å²) >= 11 is 0. The Morgan fingerprint density at radius 2 is 1.76 bits per heavy atom. The van der Waals surface area contributed by atoms with Crippen LogP contribution >= 0.6 is 0 Å². The van der Waals surface area contributed by atoms with E-state index in [1.54, 1.807) is 0 Å². The molecule has 1 aromatic heterocycles. The van der Waals surface area contributed by atoms with E-state index in [9.17, 15) is 0 Å².